The van der Waals surface area contributed by atoms with E-state index in [1.54, 1.807) is 22.6 Å². The average molecular weight is 343 g/mol. The minimum absolute atomic E-state index is 0.104. The van der Waals surface area contributed by atoms with Crippen molar-refractivity contribution in [2.24, 2.45) is 0 Å². The number of aromatic amines is 1. The molecule has 1 heterocycles. The maximum absolute atomic E-state index is 12.6. The van der Waals surface area contributed by atoms with Crippen molar-refractivity contribution in [3.8, 4) is 0 Å². The normalized spacial score (nSPS) is 10.6. The Hall–Kier alpha value is -0.990. The number of hydrogen-bond donors (Lipinski definition) is 1. The van der Waals surface area contributed by atoms with Crippen LogP contribution in [0.25, 0.3) is 0 Å². The van der Waals surface area contributed by atoms with Crippen LogP contribution in [0.3, 0.4) is 0 Å². The number of H-pyrrole nitrogens is 1. The van der Waals surface area contributed by atoms with Crippen LogP contribution in [0.15, 0.2) is 11.0 Å². The van der Waals surface area contributed by atoms with Gasteiger partial charge in [0, 0.05) is 11.9 Å². The van der Waals surface area contributed by atoms with Crippen LogP contribution < -0.4 is 5.43 Å². The summed E-state index contributed by atoms with van der Waals surface area (Å²) in [5.74, 6) is -0.682. The van der Waals surface area contributed by atoms with Crippen molar-refractivity contribution in [2.45, 2.75) is 12.8 Å². The number of carbonyl (C=O) groups excluding carboxylic acids is 1. The number of hydrogen-bond acceptors (Lipinski definition) is 3. The molecule has 0 bridgehead atoms. The summed E-state index contributed by atoms with van der Waals surface area (Å²) in [5.41, 5.74) is -1.53. The Balaban J connectivity index is 3.24. The number of esters is 1. The van der Waals surface area contributed by atoms with E-state index in [4.69, 9.17) is 0 Å². The van der Waals surface area contributed by atoms with E-state index < -0.39 is 23.4 Å². The molecule has 0 aliphatic heterocycles. The van der Waals surface area contributed by atoms with Gasteiger partial charge in [0.1, 0.15) is 0 Å². The van der Waals surface area contributed by atoms with Gasteiger partial charge in [-0.05, 0) is 22.6 Å². The zero-order chi connectivity index (χ0) is 12.3. The lowest BCUT2D eigenvalue weighted by atomic mass is 10.1. The lowest BCUT2D eigenvalue weighted by Gasteiger charge is -2.07. The molecule has 16 heavy (non-hydrogen) atoms. The molecule has 0 unspecified atom stereocenters. The van der Waals surface area contributed by atoms with E-state index in [9.17, 15) is 18.4 Å². The molecule has 0 aliphatic carbocycles. The maximum Gasteiger partial charge on any atom is 0.311 e. The zero-order valence-electron chi connectivity index (χ0n) is 8.22. The first-order valence-corrected chi connectivity index (χ1v) is 5.30. The molecule has 0 amide bonds. The van der Waals surface area contributed by atoms with Gasteiger partial charge >= 0.3 is 5.97 Å². The molecule has 0 aromatic carbocycles. The number of carbonyl (C=O) groups is 1. The highest BCUT2D eigenvalue weighted by Gasteiger charge is 2.21. The smallest absolute Gasteiger partial charge is 0.311 e. The number of alkyl halides is 2. The van der Waals surface area contributed by atoms with Crippen LogP contribution in [0.4, 0.5) is 8.78 Å². The Morgan fingerprint density at radius 3 is 2.75 bits per heavy atom. The number of methoxy groups -OCH3 is 1. The van der Waals surface area contributed by atoms with Gasteiger partial charge in [0.15, 0.2) is 0 Å². The van der Waals surface area contributed by atoms with E-state index >= 15 is 0 Å². The van der Waals surface area contributed by atoms with Crippen LogP contribution in [0.2, 0.25) is 0 Å². The first kappa shape index (κ1) is 13.1. The fraction of sp³-hybridized carbons (Fsp3) is 0.333. The van der Waals surface area contributed by atoms with Gasteiger partial charge < -0.3 is 9.72 Å². The predicted molar refractivity (Wildman–Crippen MR) is 60.5 cm³/mol. The molecule has 1 N–H and O–H groups in total. The van der Waals surface area contributed by atoms with Gasteiger partial charge in [0.05, 0.1) is 22.7 Å². The van der Waals surface area contributed by atoms with Gasteiger partial charge in [-0.15, -0.1) is 0 Å². The van der Waals surface area contributed by atoms with Crippen molar-refractivity contribution in [1.82, 2.24) is 4.98 Å². The number of rotatable bonds is 3. The van der Waals surface area contributed by atoms with Crippen molar-refractivity contribution in [2.75, 3.05) is 7.11 Å². The Morgan fingerprint density at radius 1 is 1.62 bits per heavy atom. The Labute approximate surface area is 103 Å². The lowest BCUT2D eigenvalue weighted by molar-refractivity contribution is -0.139. The molecule has 0 aliphatic rings. The average Bonchev–Trinajstić information content (AvgIpc) is 2.23. The number of pyridine rings is 1. The number of ether oxygens (including phenoxy) is 1. The molecule has 0 spiro atoms. The highest BCUT2D eigenvalue weighted by atomic mass is 127. The second kappa shape index (κ2) is 5.37. The van der Waals surface area contributed by atoms with Crippen LogP contribution in [0, 0.1) is 3.57 Å². The van der Waals surface area contributed by atoms with Gasteiger partial charge in [-0.1, -0.05) is 0 Å². The highest BCUT2D eigenvalue weighted by Crippen LogP contribution is 2.19. The molecule has 0 saturated carbocycles. The number of halogens is 3. The van der Waals surface area contributed by atoms with Crippen molar-refractivity contribution in [1.29, 1.82) is 0 Å². The molecule has 7 heteroatoms. The molecule has 1 aromatic rings. The van der Waals surface area contributed by atoms with Crippen LogP contribution in [0.1, 0.15) is 17.7 Å². The Bertz CT molecular complexity index is 459. The van der Waals surface area contributed by atoms with Crippen molar-refractivity contribution in [3.63, 3.8) is 0 Å². The SMILES string of the molecule is COC(=O)Cc1[nH]cc(I)c(=O)c1C(F)F. The standard InChI is InChI=1S/C9H8F2INO3/c1-16-6(14)2-5-7(9(10)11)8(15)4(12)3-13-5/h3,9H,2H2,1H3,(H,13,15). The minimum Gasteiger partial charge on any atom is -0.469 e. The second-order valence-electron chi connectivity index (χ2n) is 2.91. The molecule has 88 valence electrons. The third-order valence-electron chi connectivity index (χ3n) is 1.93. The fourth-order valence-corrected chi connectivity index (χ4v) is 1.60. The molecule has 1 rings (SSSR count). The van der Waals surface area contributed by atoms with E-state index in [0.29, 0.717) is 0 Å². The van der Waals surface area contributed by atoms with Gasteiger partial charge in [-0.2, -0.15) is 0 Å². The Morgan fingerprint density at radius 2 is 2.25 bits per heavy atom. The summed E-state index contributed by atoms with van der Waals surface area (Å²) in [6, 6.07) is 0. The summed E-state index contributed by atoms with van der Waals surface area (Å²) in [4.78, 5) is 24.9. The monoisotopic (exact) mass is 343 g/mol. The summed E-state index contributed by atoms with van der Waals surface area (Å²) >= 11 is 1.65. The molecular weight excluding hydrogens is 335 g/mol. The number of nitrogens with one attached hydrogen (secondary N) is 1. The molecule has 0 saturated heterocycles. The molecule has 1 aromatic heterocycles. The first-order valence-electron chi connectivity index (χ1n) is 4.22. The molecule has 4 nitrogen and oxygen atoms in total. The van der Waals surface area contributed by atoms with Crippen LogP contribution in [-0.2, 0) is 16.0 Å². The van der Waals surface area contributed by atoms with E-state index in [1.165, 1.54) is 6.20 Å². The van der Waals surface area contributed by atoms with Crippen molar-refractivity contribution >= 4 is 28.6 Å². The quantitative estimate of drug-likeness (QED) is 0.671. The van der Waals surface area contributed by atoms with E-state index in [0.717, 1.165) is 7.11 Å². The third-order valence-corrected chi connectivity index (χ3v) is 2.73. The van der Waals surface area contributed by atoms with Crippen LogP contribution in [-0.4, -0.2) is 18.1 Å². The van der Waals surface area contributed by atoms with Gasteiger partial charge in [-0.3, -0.25) is 9.59 Å². The fourth-order valence-electron chi connectivity index (χ4n) is 1.15. The summed E-state index contributed by atoms with van der Waals surface area (Å²) in [6.07, 6.45) is -2.01. The zero-order valence-corrected chi connectivity index (χ0v) is 10.4. The molecule has 0 fully saturated rings. The van der Waals surface area contributed by atoms with Crippen LogP contribution >= 0.6 is 22.6 Å². The summed E-state index contributed by atoms with van der Waals surface area (Å²) in [5, 5.41) is 0. The Kier molecular flexibility index (Phi) is 4.39. The molecule has 0 atom stereocenters. The largest absolute Gasteiger partial charge is 0.469 e. The maximum atomic E-state index is 12.6. The topological polar surface area (TPSA) is 59.2 Å². The third kappa shape index (κ3) is 2.77. The second-order valence-corrected chi connectivity index (χ2v) is 4.07. The molecule has 0 radical (unpaired) electrons. The van der Waals surface area contributed by atoms with Crippen LogP contribution in [0.5, 0.6) is 0 Å². The lowest BCUT2D eigenvalue weighted by Crippen LogP contribution is -2.19. The van der Waals surface area contributed by atoms with E-state index in [-0.39, 0.29) is 15.7 Å². The summed E-state index contributed by atoms with van der Waals surface area (Å²) in [7, 11) is 1.15. The minimum atomic E-state index is -2.92. The van der Waals surface area contributed by atoms with Crippen molar-refractivity contribution < 1.29 is 18.3 Å². The highest BCUT2D eigenvalue weighted by molar-refractivity contribution is 14.1. The predicted octanol–water partition coefficient (Wildman–Crippen LogP) is 1.63. The molecular formula is C9H8F2INO3. The number of aromatic nitrogens is 1. The van der Waals surface area contributed by atoms with E-state index in [1.807, 2.05) is 0 Å². The van der Waals surface area contributed by atoms with Gasteiger partial charge in [0.2, 0.25) is 5.43 Å². The summed E-state index contributed by atoms with van der Waals surface area (Å²) in [6.45, 7) is 0. The van der Waals surface area contributed by atoms with Gasteiger partial charge in [-0.25, -0.2) is 8.78 Å². The van der Waals surface area contributed by atoms with E-state index in [2.05, 4.69) is 9.72 Å². The first-order chi connectivity index (χ1) is 7.47. The van der Waals surface area contributed by atoms with Crippen molar-refractivity contribution in [3.05, 3.63) is 31.2 Å². The summed E-state index contributed by atoms with van der Waals surface area (Å²) < 4.78 is 29.8. The van der Waals surface area contributed by atoms with Gasteiger partial charge in [0.25, 0.3) is 6.43 Å².